The average Bonchev–Trinajstić information content (AvgIpc) is 2.94. The Morgan fingerprint density at radius 1 is 1.29 bits per heavy atom. The Morgan fingerprint density at radius 3 is 2.50 bits per heavy atom. The van der Waals surface area contributed by atoms with Crippen LogP contribution < -0.4 is 9.47 Å². The maximum atomic E-state index is 6.28. The summed E-state index contributed by atoms with van der Waals surface area (Å²) in [6.45, 7) is 6.34. The number of ether oxygens (including phenoxy) is 2. The van der Waals surface area contributed by atoms with Crippen LogP contribution >= 0.6 is 47.0 Å². The second-order valence-electron chi connectivity index (χ2n) is 6.86. The van der Waals surface area contributed by atoms with Crippen LogP contribution in [0.15, 0.2) is 18.2 Å². The van der Waals surface area contributed by atoms with Gasteiger partial charge in [0.1, 0.15) is 15.8 Å². The highest BCUT2D eigenvalue weighted by molar-refractivity contribution is 7.80. The van der Waals surface area contributed by atoms with Crippen molar-refractivity contribution in [3.05, 3.63) is 23.2 Å². The van der Waals surface area contributed by atoms with Crippen LogP contribution in [-0.2, 0) is 0 Å². The third-order valence-corrected chi connectivity index (χ3v) is 7.12. The standard InChI is InChI=1S/C17H20Cl3NO2S/c1-16(2)14(17(16,19)20)10-22-13-9-11(5-6-12(13)18)23-15(24)21-7-3-4-8-21/h5-6,9,14H,3-4,7-8,10H2,1-2H3. The van der Waals surface area contributed by atoms with Crippen molar-refractivity contribution in [1.29, 1.82) is 0 Å². The molecule has 1 aliphatic heterocycles. The van der Waals surface area contributed by atoms with Crippen molar-refractivity contribution in [2.24, 2.45) is 11.3 Å². The summed E-state index contributed by atoms with van der Waals surface area (Å²) in [5.74, 6) is 1.22. The highest BCUT2D eigenvalue weighted by Crippen LogP contribution is 2.68. The van der Waals surface area contributed by atoms with E-state index in [-0.39, 0.29) is 11.3 Å². The number of alkyl halides is 2. The number of likely N-dealkylation sites (tertiary alicyclic amines) is 1. The molecule has 1 atom stereocenters. The first kappa shape index (κ1) is 18.4. The van der Waals surface area contributed by atoms with Gasteiger partial charge in [-0.25, -0.2) is 0 Å². The lowest BCUT2D eigenvalue weighted by molar-refractivity contribution is 0.278. The summed E-state index contributed by atoms with van der Waals surface area (Å²) in [4.78, 5) is 2.06. The molecule has 1 aromatic rings. The van der Waals surface area contributed by atoms with E-state index in [4.69, 9.17) is 56.5 Å². The molecule has 1 heterocycles. The van der Waals surface area contributed by atoms with Gasteiger partial charge in [0.2, 0.25) is 0 Å². The predicted molar refractivity (Wildman–Crippen MR) is 103 cm³/mol. The first-order valence-electron chi connectivity index (χ1n) is 8.00. The molecular formula is C17H20Cl3NO2S. The van der Waals surface area contributed by atoms with Gasteiger partial charge in [-0.05, 0) is 37.2 Å². The van der Waals surface area contributed by atoms with Crippen LogP contribution in [0.5, 0.6) is 11.5 Å². The van der Waals surface area contributed by atoms with Gasteiger partial charge in [0.15, 0.2) is 0 Å². The first-order chi connectivity index (χ1) is 11.2. The molecule has 0 aromatic heterocycles. The molecule has 0 radical (unpaired) electrons. The monoisotopic (exact) mass is 407 g/mol. The van der Waals surface area contributed by atoms with Gasteiger partial charge in [0, 0.05) is 30.5 Å². The van der Waals surface area contributed by atoms with Crippen LogP contribution in [0.4, 0.5) is 0 Å². The number of halogens is 3. The molecule has 1 saturated heterocycles. The molecule has 3 rings (SSSR count). The minimum atomic E-state index is -0.759. The fraction of sp³-hybridized carbons (Fsp3) is 0.588. The van der Waals surface area contributed by atoms with E-state index < -0.39 is 4.33 Å². The zero-order valence-electron chi connectivity index (χ0n) is 13.7. The summed E-state index contributed by atoms with van der Waals surface area (Å²) in [6.07, 6.45) is 2.29. The fourth-order valence-electron chi connectivity index (χ4n) is 2.97. The average molecular weight is 409 g/mol. The van der Waals surface area contributed by atoms with Crippen LogP contribution in [0.1, 0.15) is 26.7 Å². The number of benzene rings is 1. The molecule has 0 spiro atoms. The smallest absolute Gasteiger partial charge is 0.264 e. The van der Waals surface area contributed by atoms with Crippen molar-refractivity contribution in [1.82, 2.24) is 4.90 Å². The normalized spacial score (nSPS) is 23.9. The highest BCUT2D eigenvalue weighted by Gasteiger charge is 2.70. The summed E-state index contributed by atoms with van der Waals surface area (Å²) in [5.41, 5.74) is -0.173. The lowest BCUT2D eigenvalue weighted by Crippen LogP contribution is -2.30. The van der Waals surface area contributed by atoms with Crippen molar-refractivity contribution in [3.63, 3.8) is 0 Å². The molecule has 1 saturated carbocycles. The van der Waals surface area contributed by atoms with E-state index in [2.05, 4.69) is 4.90 Å². The molecule has 1 unspecified atom stereocenters. The Morgan fingerprint density at radius 2 is 1.92 bits per heavy atom. The van der Waals surface area contributed by atoms with E-state index >= 15 is 0 Å². The number of hydrogen-bond acceptors (Lipinski definition) is 3. The largest absolute Gasteiger partial charge is 0.491 e. The van der Waals surface area contributed by atoms with Gasteiger partial charge in [-0.2, -0.15) is 0 Å². The SMILES string of the molecule is CC1(C)C(COc2cc(OC(=S)N3CCCC3)ccc2Cl)C1(Cl)Cl. The Kier molecular flexibility index (Phi) is 5.14. The summed E-state index contributed by atoms with van der Waals surface area (Å²) < 4.78 is 10.8. The minimum absolute atomic E-state index is 0.0552. The Bertz CT molecular complexity index is 631. The molecule has 1 aliphatic carbocycles. The number of nitrogens with zero attached hydrogens (tertiary/aromatic N) is 1. The minimum Gasteiger partial charge on any atom is -0.491 e. The highest BCUT2D eigenvalue weighted by atomic mass is 35.5. The van der Waals surface area contributed by atoms with Crippen LogP contribution in [0, 0.1) is 11.3 Å². The Balaban J connectivity index is 1.63. The maximum Gasteiger partial charge on any atom is 0.264 e. The van der Waals surface area contributed by atoms with Crippen molar-refractivity contribution in [3.8, 4) is 11.5 Å². The zero-order chi connectivity index (χ0) is 17.5. The van der Waals surface area contributed by atoms with E-state index in [1.165, 1.54) is 0 Å². The summed E-state index contributed by atoms with van der Waals surface area (Å²) in [6, 6.07) is 5.28. The van der Waals surface area contributed by atoms with E-state index in [1.54, 1.807) is 18.2 Å². The van der Waals surface area contributed by atoms with Gasteiger partial charge < -0.3 is 14.4 Å². The van der Waals surface area contributed by atoms with Gasteiger partial charge in [0.25, 0.3) is 5.17 Å². The van der Waals surface area contributed by atoms with E-state index in [0.717, 1.165) is 25.9 Å². The summed E-state index contributed by atoms with van der Waals surface area (Å²) in [7, 11) is 0. The van der Waals surface area contributed by atoms with Gasteiger partial charge in [0.05, 0.1) is 11.6 Å². The third-order valence-electron chi connectivity index (χ3n) is 4.96. The quantitative estimate of drug-likeness (QED) is 0.497. The molecule has 7 heteroatoms. The van der Waals surface area contributed by atoms with Crippen molar-refractivity contribution >= 4 is 52.2 Å². The molecular weight excluding hydrogens is 389 g/mol. The molecule has 3 nitrogen and oxygen atoms in total. The second kappa shape index (κ2) is 6.71. The van der Waals surface area contributed by atoms with Crippen LogP contribution in [0.2, 0.25) is 5.02 Å². The van der Waals surface area contributed by atoms with Gasteiger partial charge in [-0.1, -0.05) is 25.4 Å². The Hall–Kier alpha value is -0.420. The topological polar surface area (TPSA) is 21.7 Å². The van der Waals surface area contributed by atoms with Crippen molar-refractivity contribution in [2.75, 3.05) is 19.7 Å². The number of rotatable bonds is 4. The summed E-state index contributed by atoms with van der Waals surface area (Å²) in [5, 5.41) is 1.01. The van der Waals surface area contributed by atoms with E-state index in [0.29, 0.717) is 28.3 Å². The molecule has 0 bridgehead atoms. The van der Waals surface area contributed by atoms with Crippen LogP contribution in [0.25, 0.3) is 0 Å². The number of hydrogen-bond donors (Lipinski definition) is 0. The van der Waals surface area contributed by atoms with Crippen LogP contribution in [-0.4, -0.2) is 34.1 Å². The lowest BCUT2D eigenvalue weighted by Gasteiger charge is -2.18. The van der Waals surface area contributed by atoms with Crippen molar-refractivity contribution in [2.45, 2.75) is 31.0 Å². The molecule has 0 N–H and O–H groups in total. The second-order valence-corrected chi connectivity index (χ2v) is 9.00. The lowest BCUT2D eigenvalue weighted by atomic mass is 10.1. The van der Waals surface area contributed by atoms with E-state index in [9.17, 15) is 0 Å². The third kappa shape index (κ3) is 3.44. The molecule has 1 aromatic carbocycles. The predicted octanol–water partition coefficient (Wildman–Crippen LogP) is 5.31. The molecule has 2 aliphatic rings. The van der Waals surface area contributed by atoms with Crippen LogP contribution in [0.3, 0.4) is 0 Å². The maximum absolute atomic E-state index is 6.28. The molecule has 0 amide bonds. The first-order valence-corrected chi connectivity index (χ1v) is 9.54. The molecule has 24 heavy (non-hydrogen) atoms. The van der Waals surface area contributed by atoms with Gasteiger partial charge in [-0.15, -0.1) is 23.2 Å². The molecule has 132 valence electrons. The number of thiocarbonyl (C=S) groups is 1. The Labute approximate surface area is 163 Å². The fourth-order valence-corrected chi connectivity index (χ4v) is 4.24. The molecule has 2 fully saturated rings. The van der Waals surface area contributed by atoms with Gasteiger partial charge in [-0.3, -0.25) is 0 Å². The summed E-state index contributed by atoms with van der Waals surface area (Å²) >= 11 is 24.1. The van der Waals surface area contributed by atoms with Gasteiger partial charge >= 0.3 is 0 Å². The van der Waals surface area contributed by atoms with Crippen molar-refractivity contribution < 1.29 is 9.47 Å². The zero-order valence-corrected chi connectivity index (χ0v) is 16.7. The van der Waals surface area contributed by atoms with E-state index in [1.807, 2.05) is 13.8 Å².